The first-order chi connectivity index (χ1) is 45.1. The minimum Gasteiger partial charge on any atom is -0.394 e. The van der Waals surface area contributed by atoms with Gasteiger partial charge in [-0.2, -0.15) is 0 Å². The Kier molecular flexibility index (Phi) is 56.0. The number of aliphatic hydroxyl groups excluding tert-OH is 8. The summed E-state index contributed by atoms with van der Waals surface area (Å²) in [7, 11) is 0. The SMILES string of the molecule is CC/C=C\C/C=C\C/C=C\C/C=C\C/C=C\C/C=C\C/C=C\C/C=C\C/C=C\CCCCCCCCCCCC(=O)NC(COC1OC(CO)C(OC2OC(CO)C(O)C(O)C2O)C(O)C1O)C(O)/C=C/CCCCCCCCCCCCCCCCCCCCC. The smallest absolute Gasteiger partial charge is 0.220 e. The maximum Gasteiger partial charge on any atom is 0.220 e. The second kappa shape index (κ2) is 61.0. The van der Waals surface area contributed by atoms with Crippen LogP contribution in [0.25, 0.3) is 0 Å². The molecular weight excluding hydrogens is 1160 g/mol. The van der Waals surface area contributed by atoms with E-state index >= 15 is 0 Å². The lowest BCUT2D eigenvalue weighted by Crippen LogP contribution is -2.65. The zero-order valence-corrected chi connectivity index (χ0v) is 57.5. The van der Waals surface area contributed by atoms with Crippen LogP contribution in [0.3, 0.4) is 0 Å². The molecule has 12 atom stereocenters. The number of carbonyl (C=O) groups is 1. The van der Waals surface area contributed by atoms with Crippen molar-refractivity contribution in [1.82, 2.24) is 5.32 Å². The van der Waals surface area contributed by atoms with E-state index in [9.17, 15) is 45.6 Å². The molecule has 9 N–H and O–H groups in total. The van der Waals surface area contributed by atoms with Gasteiger partial charge < -0.3 is 65.1 Å². The molecule has 528 valence electrons. The van der Waals surface area contributed by atoms with Crippen LogP contribution in [0.1, 0.15) is 271 Å². The Morgan fingerprint density at radius 2 is 0.750 bits per heavy atom. The quantitative estimate of drug-likeness (QED) is 0.0204. The van der Waals surface area contributed by atoms with E-state index in [-0.39, 0.29) is 18.9 Å². The molecule has 2 aliphatic heterocycles. The molecule has 0 aromatic heterocycles. The molecule has 0 aliphatic carbocycles. The van der Waals surface area contributed by atoms with Crippen molar-refractivity contribution in [3.63, 3.8) is 0 Å². The fourth-order valence-electron chi connectivity index (χ4n) is 11.3. The van der Waals surface area contributed by atoms with Crippen molar-refractivity contribution in [1.29, 1.82) is 0 Å². The van der Waals surface area contributed by atoms with Crippen LogP contribution in [0.2, 0.25) is 0 Å². The number of ether oxygens (including phenoxy) is 4. The lowest BCUT2D eigenvalue weighted by Gasteiger charge is -2.46. The number of hydrogen-bond donors (Lipinski definition) is 9. The molecule has 0 bridgehead atoms. The molecule has 0 saturated carbocycles. The largest absolute Gasteiger partial charge is 0.394 e. The van der Waals surface area contributed by atoms with Crippen molar-refractivity contribution in [2.75, 3.05) is 19.8 Å². The van der Waals surface area contributed by atoms with Gasteiger partial charge in [-0.3, -0.25) is 4.79 Å². The Hall–Kier alpha value is -3.61. The molecular formula is C78H133NO13. The lowest BCUT2D eigenvalue weighted by molar-refractivity contribution is -0.359. The molecule has 0 aromatic carbocycles. The van der Waals surface area contributed by atoms with E-state index in [2.05, 4.69) is 129 Å². The average molecular weight is 1290 g/mol. The number of carbonyl (C=O) groups excluding carboxylic acids is 1. The minimum absolute atomic E-state index is 0.248. The Labute approximate surface area is 558 Å². The van der Waals surface area contributed by atoms with Crippen molar-refractivity contribution in [3.8, 4) is 0 Å². The average Bonchev–Trinajstić information content (AvgIpc) is 0.915. The number of rotatable bonds is 59. The fraction of sp³-hybridized carbons (Fsp3) is 0.731. The van der Waals surface area contributed by atoms with Crippen LogP contribution < -0.4 is 5.32 Å². The summed E-state index contributed by atoms with van der Waals surface area (Å²) in [5.74, 6) is -0.248. The van der Waals surface area contributed by atoms with Crippen LogP contribution >= 0.6 is 0 Å². The summed E-state index contributed by atoms with van der Waals surface area (Å²) < 4.78 is 22.9. The zero-order valence-electron chi connectivity index (χ0n) is 57.5. The van der Waals surface area contributed by atoms with E-state index in [1.54, 1.807) is 6.08 Å². The van der Waals surface area contributed by atoms with E-state index in [0.717, 1.165) is 103 Å². The summed E-state index contributed by atoms with van der Waals surface area (Å²) >= 11 is 0. The van der Waals surface area contributed by atoms with Gasteiger partial charge in [0, 0.05) is 6.42 Å². The molecule has 14 nitrogen and oxygen atoms in total. The van der Waals surface area contributed by atoms with E-state index in [0.29, 0.717) is 6.42 Å². The van der Waals surface area contributed by atoms with E-state index in [1.165, 1.54) is 141 Å². The highest BCUT2D eigenvalue weighted by Gasteiger charge is 2.51. The van der Waals surface area contributed by atoms with E-state index in [4.69, 9.17) is 18.9 Å². The van der Waals surface area contributed by atoms with Gasteiger partial charge in [-0.1, -0.05) is 296 Å². The lowest BCUT2D eigenvalue weighted by atomic mass is 9.97. The predicted molar refractivity (Wildman–Crippen MR) is 378 cm³/mol. The molecule has 2 saturated heterocycles. The highest BCUT2D eigenvalue weighted by molar-refractivity contribution is 5.76. The number of amides is 1. The third-order valence-electron chi connectivity index (χ3n) is 17.2. The number of unbranched alkanes of at least 4 members (excludes halogenated alkanes) is 28. The summed E-state index contributed by atoms with van der Waals surface area (Å²) in [6.45, 7) is 2.70. The normalized spacial score (nSPS) is 23.4. The first-order valence-electron chi connectivity index (χ1n) is 36.8. The number of allylic oxidation sites excluding steroid dienone is 19. The van der Waals surface area contributed by atoms with Crippen LogP contribution in [-0.2, 0) is 23.7 Å². The molecule has 2 rings (SSSR count). The molecule has 12 unspecified atom stereocenters. The molecule has 2 heterocycles. The fourth-order valence-corrected chi connectivity index (χ4v) is 11.3. The van der Waals surface area contributed by atoms with Crippen molar-refractivity contribution in [2.45, 2.75) is 344 Å². The highest BCUT2D eigenvalue weighted by atomic mass is 16.7. The van der Waals surface area contributed by atoms with Crippen LogP contribution in [0, 0.1) is 0 Å². The summed E-state index contributed by atoms with van der Waals surface area (Å²) in [5.41, 5.74) is 0. The van der Waals surface area contributed by atoms with Crippen molar-refractivity contribution < 1.29 is 64.6 Å². The Morgan fingerprint density at radius 1 is 0.402 bits per heavy atom. The zero-order chi connectivity index (χ0) is 66.6. The summed E-state index contributed by atoms with van der Waals surface area (Å²) in [4.78, 5) is 13.3. The maximum atomic E-state index is 13.3. The molecule has 0 spiro atoms. The van der Waals surface area contributed by atoms with Gasteiger partial charge in [-0.25, -0.2) is 0 Å². The third kappa shape index (κ3) is 44.2. The Morgan fingerprint density at radius 3 is 1.15 bits per heavy atom. The molecule has 0 aromatic rings. The molecule has 2 fully saturated rings. The van der Waals surface area contributed by atoms with Gasteiger partial charge in [0.15, 0.2) is 12.6 Å². The number of aliphatic hydroxyl groups is 8. The summed E-state index contributed by atoms with van der Waals surface area (Å²) in [5, 5.41) is 87.5. The summed E-state index contributed by atoms with van der Waals surface area (Å²) in [6, 6.07) is -0.927. The summed E-state index contributed by atoms with van der Waals surface area (Å²) in [6.07, 6.45) is 72.4. The van der Waals surface area contributed by atoms with Crippen molar-refractivity contribution >= 4 is 5.91 Å². The van der Waals surface area contributed by atoms with Crippen LogP contribution in [0.15, 0.2) is 122 Å². The second-order valence-corrected chi connectivity index (χ2v) is 25.3. The van der Waals surface area contributed by atoms with Crippen molar-refractivity contribution in [2.24, 2.45) is 0 Å². The minimum atomic E-state index is -1.79. The van der Waals surface area contributed by atoms with E-state index < -0.39 is 86.8 Å². The van der Waals surface area contributed by atoms with Gasteiger partial charge in [0.25, 0.3) is 0 Å². The molecule has 92 heavy (non-hydrogen) atoms. The Balaban J connectivity index is 1.66. The van der Waals surface area contributed by atoms with Crippen LogP contribution in [-0.4, -0.2) is 140 Å². The molecule has 0 radical (unpaired) electrons. The monoisotopic (exact) mass is 1290 g/mol. The maximum absolute atomic E-state index is 13.3. The first kappa shape index (κ1) is 84.5. The molecule has 2 aliphatic rings. The van der Waals surface area contributed by atoms with Gasteiger partial charge in [0.2, 0.25) is 5.91 Å². The second-order valence-electron chi connectivity index (χ2n) is 25.3. The van der Waals surface area contributed by atoms with Gasteiger partial charge in [-0.15, -0.1) is 0 Å². The highest BCUT2D eigenvalue weighted by Crippen LogP contribution is 2.30. The predicted octanol–water partition coefficient (Wildman–Crippen LogP) is 15.7. The first-order valence-corrected chi connectivity index (χ1v) is 36.8. The topological polar surface area (TPSA) is 228 Å². The number of hydrogen-bond acceptors (Lipinski definition) is 13. The van der Waals surface area contributed by atoms with Gasteiger partial charge >= 0.3 is 0 Å². The third-order valence-corrected chi connectivity index (χ3v) is 17.2. The van der Waals surface area contributed by atoms with Crippen LogP contribution in [0.4, 0.5) is 0 Å². The van der Waals surface area contributed by atoms with Gasteiger partial charge in [-0.05, 0) is 89.9 Å². The van der Waals surface area contributed by atoms with Crippen LogP contribution in [0.5, 0.6) is 0 Å². The van der Waals surface area contributed by atoms with Gasteiger partial charge in [0.1, 0.15) is 48.8 Å². The van der Waals surface area contributed by atoms with Crippen molar-refractivity contribution in [3.05, 3.63) is 122 Å². The van der Waals surface area contributed by atoms with Gasteiger partial charge in [0.05, 0.1) is 32.0 Å². The standard InChI is InChI=1S/C78H133NO13/c1-3-5-7-9-11-13-15-17-19-21-23-25-26-27-28-29-30-31-32-33-34-35-36-37-38-39-40-42-44-46-48-50-52-54-56-58-60-62-70(83)79-66(67(82)61-59-57-55-53-51-49-47-45-43-41-24-22-20-18-16-14-12-10-8-6-4-2)65-89-77-75(88)73(86)76(69(64-81)91-77)92-78-74(87)72(85)71(84)68(63-80)90-78/h5,7,11,13,17,19,23,25,27-28,30-31,33-34,36-37,39-40,59,61,66-69,71-78,80-82,84-88H,3-4,6,8-10,12,14-16,18,20-22,24,26,29,32,35,38,41-58,60,62-65H2,1-2H3,(H,79,83)/b7-5-,13-11-,19-17-,25-23-,28-27-,31-30-,34-33-,37-36-,40-39-,61-59+. The Bertz CT molecular complexity index is 2010. The molecule has 14 heteroatoms. The van der Waals surface area contributed by atoms with E-state index in [1.807, 2.05) is 6.08 Å². The number of nitrogens with one attached hydrogen (secondary N) is 1. The molecule has 1 amide bonds.